The second-order valence-electron chi connectivity index (χ2n) is 16.9. The maximum atomic E-state index is 16.2. The number of halogens is 4. The maximum absolute atomic E-state index is 16.2. The van der Waals surface area contributed by atoms with Gasteiger partial charge < -0.3 is 25.2 Å². The molecule has 3 aliphatic rings. The van der Waals surface area contributed by atoms with Crippen molar-refractivity contribution >= 4 is 57.1 Å². The summed E-state index contributed by atoms with van der Waals surface area (Å²) in [6.45, 7) is 5.68. The molecule has 1 aromatic carbocycles. The summed E-state index contributed by atoms with van der Waals surface area (Å²) < 4.78 is 72.2. The van der Waals surface area contributed by atoms with Crippen molar-refractivity contribution in [2.75, 3.05) is 56.6 Å². The first-order chi connectivity index (χ1) is 30.0. The minimum absolute atomic E-state index is 0.0116. The van der Waals surface area contributed by atoms with Gasteiger partial charge in [-0.25, -0.2) is 27.5 Å². The van der Waals surface area contributed by atoms with E-state index in [1.54, 1.807) is 25.4 Å². The Balaban J connectivity index is 0.915. The van der Waals surface area contributed by atoms with E-state index < -0.39 is 65.1 Å². The number of pyridine rings is 2. The van der Waals surface area contributed by atoms with Gasteiger partial charge in [0.05, 0.1) is 30.0 Å². The first kappa shape index (κ1) is 43.5. The number of benzene rings is 1. The van der Waals surface area contributed by atoms with Gasteiger partial charge in [-0.1, -0.05) is 0 Å². The number of likely N-dealkylation sites (N-methyl/N-ethyl adjacent to an activating group) is 1. The molecule has 20 heteroatoms. The number of hydrogen-bond donors (Lipinski definition) is 3. The molecule has 8 rings (SSSR count). The summed E-state index contributed by atoms with van der Waals surface area (Å²) in [6.07, 6.45) is 4.29. The highest BCUT2D eigenvalue weighted by Crippen LogP contribution is 2.40. The molecule has 3 fully saturated rings. The van der Waals surface area contributed by atoms with Crippen LogP contribution in [0.5, 0.6) is 5.75 Å². The molecule has 3 amide bonds. The lowest BCUT2D eigenvalue weighted by atomic mass is 9.86. The molecule has 0 aliphatic carbocycles. The van der Waals surface area contributed by atoms with E-state index in [-0.39, 0.29) is 78.9 Å². The number of likely N-dealkylation sites (tertiary alicyclic amines) is 1. The molecule has 2 atom stereocenters. The van der Waals surface area contributed by atoms with E-state index in [2.05, 4.69) is 36.0 Å². The Kier molecular flexibility index (Phi) is 11.9. The third-order valence-corrected chi connectivity index (χ3v) is 12.4. The highest BCUT2D eigenvalue weighted by Gasteiger charge is 2.46. The van der Waals surface area contributed by atoms with E-state index in [9.17, 15) is 19.2 Å². The van der Waals surface area contributed by atoms with Gasteiger partial charge in [0.15, 0.2) is 18.2 Å². The van der Waals surface area contributed by atoms with E-state index in [0.29, 0.717) is 54.0 Å². The SMILES string of the molecule is CNC(=O)COc1cc2cc(Nc3nc(N4CC[C@@H](CN5CCC(c6c(F)cc7c(C8CCC(=O)NC8=O)nn(C)c7c6F)CC5)C(F)(F)C4)ncc3C)cnc2n(C(C)C)c1=O. The highest BCUT2D eigenvalue weighted by molar-refractivity contribution is 6.02. The van der Waals surface area contributed by atoms with E-state index in [1.807, 2.05) is 18.7 Å². The second-order valence-corrected chi connectivity index (χ2v) is 16.9. The van der Waals surface area contributed by atoms with E-state index in [0.717, 1.165) is 0 Å². The zero-order chi connectivity index (χ0) is 44.9. The number of nitrogens with one attached hydrogen (secondary N) is 3. The number of amides is 3. The first-order valence-electron chi connectivity index (χ1n) is 21.1. The third kappa shape index (κ3) is 8.51. The molecule has 1 unspecified atom stereocenters. The number of nitrogens with zero attached hydrogens (tertiary/aromatic N) is 8. The fourth-order valence-corrected chi connectivity index (χ4v) is 9.00. The summed E-state index contributed by atoms with van der Waals surface area (Å²) in [5.74, 6) is -7.69. The second kappa shape index (κ2) is 17.2. The van der Waals surface area contributed by atoms with Crippen LogP contribution in [-0.4, -0.2) is 104 Å². The average molecular weight is 876 g/mol. The van der Waals surface area contributed by atoms with Crippen LogP contribution in [0, 0.1) is 24.5 Å². The Morgan fingerprint density at radius 3 is 2.49 bits per heavy atom. The van der Waals surface area contributed by atoms with Crippen LogP contribution in [0.4, 0.5) is 35.0 Å². The van der Waals surface area contributed by atoms with Crippen molar-refractivity contribution in [2.45, 2.75) is 76.7 Å². The normalized spacial score (nSPS) is 19.8. The molecular weight excluding hydrogens is 827 g/mol. The quantitative estimate of drug-likeness (QED) is 0.120. The molecule has 3 N–H and O–H groups in total. The lowest BCUT2D eigenvalue weighted by molar-refractivity contribution is -0.134. The van der Waals surface area contributed by atoms with Crippen molar-refractivity contribution in [2.24, 2.45) is 13.0 Å². The van der Waals surface area contributed by atoms with Gasteiger partial charge in [0, 0.05) is 73.7 Å². The Bertz CT molecular complexity index is 2680. The van der Waals surface area contributed by atoms with Crippen LogP contribution in [-0.2, 0) is 21.4 Å². The largest absolute Gasteiger partial charge is 0.478 e. The van der Waals surface area contributed by atoms with Crippen LogP contribution >= 0.6 is 0 Å². The number of ether oxygens (including phenoxy) is 1. The maximum Gasteiger partial charge on any atom is 0.294 e. The number of carbonyl (C=O) groups is 3. The molecule has 0 bridgehead atoms. The number of fused-ring (bicyclic) bond motifs is 2. The van der Waals surface area contributed by atoms with Crippen LogP contribution in [0.2, 0.25) is 0 Å². The number of imide groups is 1. The minimum atomic E-state index is -3.09. The lowest BCUT2D eigenvalue weighted by Gasteiger charge is -2.42. The summed E-state index contributed by atoms with van der Waals surface area (Å²) >= 11 is 0. The molecular formula is C43H49F4N11O5. The van der Waals surface area contributed by atoms with Crippen LogP contribution in [0.25, 0.3) is 21.9 Å². The number of aromatic nitrogens is 6. The fraction of sp³-hybridized carbons (Fsp3) is 0.488. The molecule has 16 nitrogen and oxygen atoms in total. The predicted molar refractivity (Wildman–Crippen MR) is 225 cm³/mol. The fourth-order valence-electron chi connectivity index (χ4n) is 9.00. The highest BCUT2D eigenvalue weighted by atomic mass is 19.3. The van der Waals surface area contributed by atoms with Crippen molar-refractivity contribution in [1.82, 2.24) is 44.8 Å². The van der Waals surface area contributed by atoms with Gasteiger partial charge in [-0.05, 0) is 83.7 Å². The van der Waals surface area contributed by atoms with Crippen LogP contribution in [0.1, 0.15) is 80.7 Å². The topological polar surface area (TPSA) is 181 Å². The number of hydrogen-bond acceptors (Lipinski definition) is 12. The predicted octanol–water partition coefficient (Wildman–Crippen LogP) is 4.97. The number of rotatable bonds is 11. The van der Waals surface area contributed by atoms with Gasteiger partial charge in [0.1, 0.15) is 22.8 Å². The Labute approximate surface area is 359 Å². The smallest absolute Gasteiger partial charge is 0.294 e. The zero-order valence-electron chi connectivity index (χ0n) is 35.6. The van der Waals surface area contributed by atoms with Crippen LogP contribution in [0.3, 0.4) is 0 Å². The first-order valence-corrected chi connectivity index (χ1v) is 21.1. The van der Waals surface area contributed by atoms with Crippen molar-refractivity contribution in [3.63, 3.8) is 0 Å². The lowest BCUT2D eigenvalue weighted by Crippen LogP contribution is -2.53. The van der Waals surface area contributed by atoms with Gasteiger partial charge in [-0.3, -0.25) is 33.7 Å². The summed E-state index contributed by atoms with van der Waals surface area (Å²) in [7, 11) is 3.00. The molecule has 0 saturated carbocycles. The van der Waals surface area contributed by atoms with Gasteiger partial charge in [0.25, 0.3) is 17.4 Å². The Morgan fingerprint density at radius 2 is 1.79 bits per heavy atom. The summed E-state index contributed by atoms with van der Waals surface area (Å²) in [5.41, 5.74) is 1.38. The molecule has 3 aliphatic heterocycles. The standard InChI is InChI=1S/C43H49F4N11O5/c1-22(2)58-39-25(15-31(41(58)62)63-20-33(60)48-4)14-27(18-49-39)51-38-23(3)17-50-42(53-38)57-13-10-26(43(46,47)21-57)19-56-11-8-24(9-12-56)34-30(44)16-29-36(54-55(5)37(29)35(34)45)28-6-7-32(59)52-40(28)61/h14-18,22,24,26,28H,6-13,19-21H2,1-5H3,(H,48,60)(H,50,51,53)(H,52,59,61)/t26-,28?/m0/s1. The molecule has 4 aromatic heterocycles. The van der Waals surface area contributed by atoms with E-state index in [1.165, 1.54) is 40.4 Å². The molecule has 0 spiro atoms. The number of alkyl halides is 2. The average Bonchev–Trinajstić information content (AvgIpc) is 3.56. The molecule has 63 heavy (non-hydrogen) atoms. The van der Waals surface area contributed by atoms with Crippen molar-refractivity contribution in [3.05, 3.63) is 69.4 Å². The van der Waals surface area contributed by atoms with Crippen LogP contribution in [0.15, 0.2) is 35.4 Å². The minimum Gasteiger partial charge on any atom is -0.478 e. The van der Waals surface area contributed by atoms with Crippen LogP contribution < -0.4 is 31.1 Å². The number of carbonyl (C=O) groups excluding carboxylic acids is 3. The molecule has 7 heterocycles. The van der Waals surface area contributed by atoms with Crippen molar-refractivity contribution in [3.8, 4) is 5.75 Å². The van der Waals surface area contributed by atoms with E-state index >= 15 is 17.6 Å². The number of anilines is 3. The van der Waals surface area contributed by atoms with Crippen molar-refractivity contribution in [1.29, 1.82) is 0 Å². The third-order valence-electron chi connectivity index (χ3n) is 12.4. The molecule has 3 saturated heterocycles. The van der Waals surface area contributed by atoms with Crippen molar-refractivity contribution < 1.29 is 36.7 Å². The molecule has 5 aromatic rings. The van der Waals surface area contributed by atoms with Gasteiger partial charge in [-0.2, -0.15) is 10.1 Å². The molecule has 334 valence electrons. The number of aryl methyl sites for hydroxylation is 2. The monoisotopic (exact) mass is 875 g/mol. The van der Waals surface area contributed by atoms with Gasteiger partial charge in [-0.15, -0.1) is 0 Å². The van der Waals surface area contributed by atoms with Gasteiger partial charge in [0.2, 0.25) is 17.8 Å². The summed E-state index contributed by atoms with van der Waals surface area (Å²) in [6, 6.07) is 4.23. The number of piperidine rings is 3. The zero-order valence-corrected chi connectivity index (χ0v) is 35.6. The van der Waals surface area contributed by atoms with E-state index in [4.69, 9.17) is 4.74 Å². The summed E-state index contributed by atoms with van der Waals surface area (Å²) in [4.78, 5) is 66.3. The molecule has 0 radical (unpaired) electrons. The summed E-state index contributed by atoms with van der Waals surface area (Å²) in [5, 5.41) is 13.1. The Morgan fingerprint density at radius 1 is 1.03 bits per heavy atom. The van der Waals surface area contributed by atoms with Gasteiger partial charge >= 0.3 is 0 Å². The Hall–Kier alpha value is -6.18.